The second-order valence-corrected chi connectivity index (χ2v) is 2.59. The lowest BCUT2D eigenvalue weighted by Gasteiger charge is -1.95. The number of aromatic nitrogens is 2. The predicted molar refractivity (Wildman–Crippen MR) is 54.5 cm³/mol. The Hall–Kier alpha value is -2.11. The van der Waals surface area contributed by atoms with E-state index < -0.39 is 5.91 Å². The molecule has 0 aliphatic heterocycles. The van der Waals surface area contributed by atoms with Crippen LogP contribution >= 0.6 is 0 Å². The van der Waals surface area contributed by atoms with Gasteiger partial charge in [0.1, 0.15) is 5.56 Å². The fourth-order valence-corrected chi connectivity index (χ4v) is 1.04. The van der Waals surface area contributed by atoms with E-state index in [0.717, 1.165) is 0 Å². The van der Waals surface area contributed by atoms with Crippen LogP contribution in [-0.2, 0) is 7.05 Å². The summed E-state index contributed by atoms with van der Waals surface area (Å²) in [4.78, 5) is 15.0. The van der Waals surface area contributed by atoms with E-state index in [1.807, 2.05) is 0 Å². The highest BCUT2D eigenvalue weighted by Crippen LogP contribution is 2.22. The molecular weight excluding hydrogens is 182 g/mol. The van der Waals surface area contributed by atoms with Crippen LogP contribution in [0.5, 0.6) is 0 Å². The van der Waals surface area contributed by atoms with Crippen molar-refractivity contribution in [2.24, 2.45) is 17.8 Å². The Morgan fingerprint density at radius 1 is 1.71 bits per heavy atom. The zero-order valence-corrected chi connectivity index (χ0v) is 7.77. The molecule has 0 aromatic carbocycles. The Balaban J connectivity index is 3.31. The number of hydrogen-bond acceptors (Lipinski definition) is 4. The maximum Gasteiger partial charge on any atom is 0.256 e. The highest BCUT2D eigenvalue weighted by atomic mass is 16.1. The number of aliphatic imine (C=N–C) groups is 1. The zero-order valence-electron chi connectivity index (χ0n) is 7.77. The minimum atomic E-state index is -0.646. The van der Waals surface area contributed by atoms with Gasteiger partial charge in [-0.25, -0.2) is 9.67 Å². The molecule has 0 aliphatic carbocycles. The van der Waals surface area contributed by atoms with Gasteiger partial charge in [-0.3, -0.25) is 4.79 Å². The zero-order chi connectivity index (χ0) is 10.7. The van der Waals surface area contributed by atoms with Crippen molar-refractivity contribution in [3.8, 4) is 0 Å². The summed E-state index contributed by atoms with van der Waals surface area (Å²) in [6.45, 7) is 3.46. The summed E-state index contributed by atoms with van der Waals surface area (Å²) < 4.78 is 1.38. The molecule has 1 rings (SSSR count). The topological polar surface area (TPSA) is 99.3 Å². The third-order valence-electron chi connectivity index (χ3n) is 1.59. The third-order valence-corrected chi connectivity index (χ3v) is 1.59. The van der Waals surface area contributed by atoms with Crippen LogP contribution in [0.1, 0.15) is 10.4 Å². The quantitative estimate of drug-likeness (QED) is 0.660. The molecule has 0 radical (unpaired) electrons. The first-order valence-electron chi connectivity index (χ1n) is 3.85. The summed E-state index contributed by atoms with van der Waals surface area (Å²) in [5, 5.41) is 3.83. The van der Waals surface area contributed by atoms with Gasteiger partial charge >= 0.3 is 0 Å². The monoisotopic (exact) mass is 193 g/mol. The number of carbonyl (C=O) groups is 1. The summed E-state index contributed by atoms with van der Waals surface area (Å²) in [6.07, 6.45) is 2.91. The van der Waals surface area contributed by atoms with E-state index in [4.69, 9.17) is 11.5 Å². The number of anilines is 1. The van der Waals surface area contributed by atoms with Crippen molar-refractivity contribution in [3.63, 3.8) is 0 Å². The van der Waals surface area contributed by atoms with Gasteiger partial charge in [-0.15, -0.1) is 0 Å². The van der Waals surface area contributed by atoms with Crippen molar-refractivity contribution in [1.29, 1.82) is 0 Å². The summed E-state index contributed by atoms with van der Waals surface area (Å²) in [5.41, 5.74) is 10.7. The summed E-state index contributed by atoms with van der Waals surface area (Å²) in [5.74, 6) is -0.238. The highest BCUT2D eigenvalue weighted by Gasteiger charge is 2.17. The van der Waals surface area contributed by atoms with Gasteiger partial charge in [-0.05, 0) is 0 Å². The fourth-order valence-electron chi connectivity index (χ4n) is 1.04. The Labute approximate surface area is 80.9 Å². The van der Waals surface area contributed by atoms with Gasteiger partial charge in [0.05, 0.1) is 0 Å². The molecule has 4 N–H and O–H groups in total. The fraction of sp³-hybridized carbons (Fsp3) is 0.125. The number of nitrogen functional groups attached to an aromatic ring is 1. The number of allylic oxidation sites excluding steroid dienone is 1. The van der Waals surface area contributed by atoms with E-state index >= 15 is 0 Å². The smallest absolute Gasteiger partial charge is 0.256 e. The van der Waals surface area contributed by atoms with Crippen LogP contribution in [0.4, 0.5) is 11.6 Å². The van der Waals surface area contributed by atoms with Gasteiger partial charge in [0.2, 0.25) is 0 Å². The first-order chi connectivity index (χ1) is 6.57. The van der Waals surface area contributed by atoms with Gasteiger partial charge in [-0.1, -0.05) is 12.7 Å². The molecule has 1 heterocycles. The van der Waals surface area contributed by atoms with Crippen LogP contribution in [0.15, 0.2) is 17.6 Å². The predicted octanol–water partition coefficient (Wildman–Crippen LogP) is -0.0105. The van der Waals surface area contributed by atoms with Crippen LogP contribution in [0.2, 0.25) is 0 Å². The van der Waals surface area contributed by atoms with E-state index in [9.17, 15) is 4.79 Å². The Morgan fingerprint density at radius 3 is 2.86 bits per heavy atom. The molecular formula is C8H11N5O. The van der Waals surface area contributed by atoms with Crippen LogP contribution < -0.4 is 11.5 Å². The lowest BCUT2D eigenvalue weighted by atomic mass is 10.3. The molecule has 0 saturated carbocycles. The average Bonchev–Trinajstić information content (AvgIpc) is 2.37. The van der Waals surface area contributed by atoms with Crippen LogP contribution in [0.25, 0.3) is 0 Å². The molecule has 0 saturated heterocycles. The van der Waals surface area contributed by atoms with E-state index in [0.29, 0.717) is 5.82 Å². The summed E-state index contributed by atoms with van der Waals surface area (Å²) >= 11 is 0. The molecule has 6 nitrogen and oxygen atoms in total. The average molecular weight is 193 g/mol. The lowest BCUT2D eigenvalue weighted by Crippen LogP contribution is -2.12. The first kappa shape index (κ1) is 9.97. The number of nitrogens with two attached hydrogens (primary N) is 2. The molecule has 1 amide bonds. The van der Waals surface area contributed by atoms with E-state index in [2.05, 4.69) is 16.7 Å². The standard InChI is InChI=1S/C8H11N5O/c1-3-4-11-8-5(7(10)14)6(9)12-13(8)2/h3-4H,1H2,2H3,(H2,9,12)(H2,10,14)/b11-4-. The Bertz CT molecular complexity index is 404. The molecule has 6 heteroatoms. The molecule has 14 heavy (non-hydrogen) atoms. The van der Waals surface area contributed by atoms with Gasteiger partial charge in [0, 0.05) is 13.3 Å². The van der Waals surface area contributed by atoms with Gasteiger partial charge in [0.25, 0.3) is 5.91 Å². The second kappa shape index (κ2) is 3.73. The molecule has 0 bridgehead atoms. The molecule has 0 atom stereocenters. The maximum atomic E-state index is 11.0. The van der Waals surface area contributed by atoms with Gasteiger partial charge < -0.3 is 11.5 Å². The van der Waals surface area contributed by atoms with Crippen molar-refractivity contribution in [2.75, 3.05) is 5.73 Å². The molecule has 74 valence electrons. The van der Waals surface area contributed by atoms with Crippen molar-refractivity contribution >= 4 is 23.8 Å². The highest BCUT2D eigenvalue weighted by molar-refractivity contribution is 6.02. The number of hydrogen-bond donors (Lipinski definition) is 2. The molecule has 0 aliphatic rings. The van der Waals surface area contributed by atoms with Crippen LogP contribution in [-0.4, -0.2) is 21.9 Å². The maximum absolute atomic E-state index is 11.0. The van der Waals surface area contributed by atoms with Crippen LogP contribution in [0.3, 0.4) is 0 Å². The normalized spacial score (nSPS) is 10.6. The van der Waals surface area contributed by atoms with E-state index in [-0.39, 0.29) is 11.4 Å². The van der Waals surface area contributed by atoms with E-state index in [1.165, 1.54) is 17.0 Å². The summed E-state index contributed by atoms with van der Waals surface area (Å²) in [6, 6.07) is 0. The van der Waals surface area contributed by atoms with Crippen molar-refractivity contribution in [1.82, 2.24) is 9.78 Å². The largest absolute Gasteiger partial charge is 0.381 e. The third kappa shape index (κ3) is 1.63. The Morgan fingerprint density at radius 2 is 2.36 bits per heavy atom. The molecule has 0 unspecified atom stereocenters. The van der Waals surface area contributed by atoms with Crippen molar-refractivity contribution in [2.45, 2.75) is 0 Å². The van der Waals surface area contributed by atoms with Crippen molar-refractivity contribution in [3.05, 3.63) is 18.2 Å². The lowest BCUT2D eigenvalue weighted by molar-refractivity contribution is 0.100. The number of amides is 1. The number of aryl methyl sites for hydroxylation is 1. The Kier molecular flexibility index (Phi) is 2.66. The first-order valence-corrected chi connectivity index (χ1v) is 3.85. The minimum Gasteiger partial charge on any atom is -0.381 e. The van der Waals surface area contributed by atoms with Crippen LogP contribution in [0, 0.1) is 0 Å². The van der Waals surface area contributed by atoms with Gasteiger partial charge in [0.15, 0.2) is 11.6 Å². The van der Waals surface area contributed by atoms with E-state index in [1.54, 1.807) is 7.05 Å². The summed E-state index contributed by atoms with van der Waals surface area (Å²) in [7, 11) is 1.62. The second-order valence-electron chi connectivity index (χ2n) is 2.59. The minimum absolute atomic E-state index is 0.0798. The molecule has 0 fully saturated rings. The SMILES string of the molecule is C=C/C=N\c1c(C(N)=O)c(N)nn1C. The molecule has 1 aromatic rings. The molecule has 0 spiro atoms. The number of rotatable bonds is 3. The number of nitrogens with zero attached hydrogens (tertiary/aromatic N) is 3. The number of carbonyl (C=O) groups excluding carboxylic acids is 1. The van der Waals surface area contributed by atoms with Crippen molar-refractivity contribution < 1.29 is 4.79 Å². The number of primary amides is 1. The molecule has 1 aromatic heterocycles. The van der Waals surface area contributed by atoms with Gasteiger partial charge in [-0.2, -0.15) is 5.10 Å².